The van der Waals surface area contributed by atoms with Crippen LogP contribution in [-0.4, -0.2) is 139 Å². The average molecular weight is 482 g/mol. The summed E-state index contributed by atoms with van der Waals surface area (Å²) in [4.78, 5) is 22.9. The van der Waals surface area contributed by atoms with Crippen molar-refractivity contribution in [3.8, 4) is 0 Å². The highest BCUT2D eigenvalue weighted by molar-refractivity contribution is 5.92. The lowest BCUT2D eigenvalue weighted by Crippen LogP contribution is -2.66. The Labute approximate surface area is 187 Å². The lowest BCUT2D eigenvalue weighted by molar-refractivity contribution is -0.285. The van der Waals surface area contributed by atoms with E-state index in [1.165, 1.54) is 0 Å². The highest BCUT2D eigenvalue weighted by Crippen LogP contribution is 2.34. The number of ether oxygens (including phenoxy) is 3. The van der Waals surface area contributed by atoms with Crippen LogP contribution in [0.3, 0.4) is 0 Å². The topological polar surface area (TPSA) is 244 Å². The first-order chi connectivity index (χ1) is 15.4. The van der Waals surface area contributed by atoms with E-state index in [0.717, 1.165) is 0 Å². The molecule has 0 aromatic carbocycles. The summed E-state index contributed by atoms with van der Waals surface area (Å²) in [5.41, 5.74) is -0.427. The highest BCUT2D eigenvalue weighted by Gasteiger charge is 2.53. The van der Waals surface area contributed by atoms with Crippen LogP contribution in [0.1, 0.15) is 6.42 Å². The Balaban J connectivity index is 2.34. The van der Waals surface area contributed by atoms with E-state index < -0.39 is 111 Å². The van der Waals surface area contributed by atoms with Crippen LogP contribution in [0.15, 0.2) is 12.2 Å². The van der Waals surface area contributed by atoms with Gasteiger partial charge in [0.25, 0.3) is 0 Å². The summed E-state index contributed by atoms with van der Waals surface area (Å²) < 4.78 is 16.0. The number of esters is 1. The third-order valence-electron chi connectivity index (χ3n) is 5.76. The van der Waals surface area contributed by atoms with Crippen LogP contribution in [0.2, 0.25) is 0 Å². The van der Waals surface area contributed by atoms with Crippen molar-refractivity contribution in [2.24, 2.45) is 5.92 Å². The van der Waals surface area contributed by atoms with Crippen LogP contribution in [-0.2, 0) is 23.8 Å². The van der Waals surface area contributed by atoms with Crippen molar-refractivity contribution < 1.29 is 69.8 Å². The molecule has 0 aromatic heterocycles. The summed E-state index contributed by atoms with van der Waals surface area (Å²) in [6.07, 6.45) is -17.3. The minimum absolute atomic E-state index is 0.427. The Kier molecular flexibility index (Phi) is 9.69. The molecule has 0 bridgehead atoms. The number of carboxylic acid groups (broad SMARTS) is 1. The Hall–Kier alpha value is -1.72. The molecule has 0 spiro atoms. The standard InChI is InChI=1S/C19H30O14/c1-6(2-10(22)23)19(30)31-5-7(17-15(28)13(26)11(24)8(3-20)32-17)18-16(29)14(27)12(25)9(4-21)33-18/h7-9,11-18,20-21,24-29H,1-5H2,(H,22,23)/t7?,8-,9-,11-,12-,13+,14+,15-,16-,17?,18?/m1/s1. The lowest BCUT2D eigenvalue weighted by Gasteiger charge is -2.48. The summed E-state index contributed by atoms with van der Waals surface area (Å²) in [6.45, 7) is 1.00. The maximum atomic E-state index is 12.1. The SMILES string of the molecule is C=C(CC(=O)O)C(=O)OCC(C1O[C@H](CO)[C@@H](O)[C@H](O)[C@H]1O)C1O[C@H](CO)[C@@H](O)[C@H](O)[C@H]1O. The summed E-state index contributed by atoms with van der Waals surface area (Å²) in [6, 6.07) is 0. The van der Waals surface area contributed by atoms with Crippen molar-refractivity contribution in [2.45, 2.75) is 67.5 Å². The summed E-state index contributed by atoms with van der Waals surface area (Å²) >= 11 is 0. The van der Waals surface area contributed by atoms with E-state index in [1.54, 1.807) is 0 Å². The van der Waals surface area contributed by atoms with Gasteiger partial charge in [-0.25, -0.2) is 4.79 Å². The molecule has 2 aliphatic rings. The van der Waals surface area contributed by atoms with Gasteiger partial charge in [0, 0.05) is 5.57 Å². The summed E-state index contributed by atoms with van der Waals surface area (Å²) in [5.74, 6) is -3.89. The van der Waals surface area contributed by atoms with Crippen LogP contribution >= 0.6 is 0 Å². The lowest BCUT2D eigenvalue weighted by atomic mass is 9.80. The zero-order valence-corrected chi connectivity index (χ0v) is 17.5. The maximum Gasteiger partial charge on any atom is 0.334 e. The second kappa shape index (κ2) is 11.6. The molecule has 2 unspecified atom stereocenters. The molecule has 14 heteroatoms. The Morgan fingerprint density at radius 1 is 0.788 bits per heavy atom. The third-order valence-corrected chi connectivity index (χ3v) is 5.76. The van der Waals surface area contributed by atoms with Crippen molar-refractivity contribution in [1.82, 2.24) is 0 Å². The molecule has 10 atom stereocenters. The molecule has 0 amide bonds. The van der Waals surface area contributed by atoms with Gasteiger partial charge >= 0.3 is 11.9 Å². The van der Waals surface area contributed by atoms with Gasteiger partial charge < -0.3 is 60.2 Å². The number of rotatable bonds is 9. The van der Waals surface area contributed by atoms with Crippen LogP contribution in [0.25, 0.3) is 0 Å². The number of carbonyl (C=O) groups excluding carboxylic acids is 1. The van der Waals surface area contributed by atoms with Gasteiger partial charge in [-0.15, -0.1) is 0 Å². The smallest absolute Gasteiger partial charge is 0.334 e. The van der Waals surface area contributed by atoms with Gasteiger partial charge in [-0.2, -0.15) is 0 Å². The second-order valence-corrected chi connectivity index (χ2v) is 8.02. The molecule has 0 saturated carbocycles. The molecular formula is C19H30O14. The normalized spacial score (nSPS) is 40.1. The fraction of sp³-hybridized carbons (Fsp3) is 0.789. The second-order valence-electron chi connectivity index (χ2n) is 8.02. The molecule has 0 radical (unpaired) electrons. The van der Waals surface area contributed by atoms with Gasteiger partial charge in [0.1, 0.15) is 48.8 Å². The van der Waals surface area contributed by atoms with Crippen LogP contribution in [0, 0.1) is 5.92 Å². The molecule has 2 aliphatic heterocycles. The minimum Gasteiger partial charge on any atom is -0.481 e. The maximum absolute atomic E-state index is 12.1. The van der Waals surface area contributed by atoms with Gasteiger partial charge in [-0.1, -0.05) is 6.58 Å². The van der Waals surface area contributed by atoms with Crippen molar-refractivity contribution in [3.05, 3.63) is 12.2 Å². The molecular weight excluding hydrogens is 452 g/mol. The number of aliphatic carboxylic acids is 1. The average Bonchev–Trinajstić information content (AvgIpc) is 2.77. The largest absolute Gasteiger partial charge is 0.481 e. The van der Waals surface area contributed by atoms with E-state index in [0.29, 0.717) is 0 Å². The number of carboxylic acids is 1. The highest BCUT2D eigenvalue weighted by atomic mass is 16.6. The molecule has 0 aliphatic carbocycles. The van der Waals surface area contributed by atoms with Gasteiger partial charge in [0.05, 0.1) is 44.4 Å². The fourth-order valence-electron chi connectivity index (χ4n) is 3.87. The van der Waals surface area contributed by atoms with E-state index >= 15 is 0 Å². The zero-order chi connectivity index (χ0) is 25.0. The molecule has 9 N–H and O–H groups in total. The summed E-state index contributed by atoms with van der Waals surface area (Å²) in [5, 5.41) is 88.9. The fourth-order valence-corrected chi connectivity index (χ4v) is 3.87. The Morgan fingerprint density at radius 2 is 1.21 bits per heavy atom. The van der Waals surface area contributed by atoms with Crippen LogP contribution < -0.4 is 0 Å². The molecule has 2 heterocycles. The first-order valence-electron chi connectivity index (χ1n) is 10.1. The predicted molar refractivity (Wildman–Crippen MR) is 103 cm³/mol. The zero-order valence-electron chi connectivity index (χ0n) is 17.5. The third kappa shape index (κ3) is 6.05. The molecule has 14 nitrogen and oxygen atoms in total. The number of carbonyl (C=O) groups is 2. The van der Waals surface area contributed by atoms with E-state index in [4.69, 9.17) is 19.3 Å². The first kappa shape index (κ1) is 27.5. The predicted octanol–water partition coefficient (Wildman–Crippen LogP) is -5.14. The Morgan fingerprint density at radius 3 is 1.58 bits per heavy atom. The van der Waals surface area contributed by atoms with Crippen molar-refractivity contribution in [3.63, 3.8) is 0 Å². The minimum atomic E-state index is -1.85. The van der Waals surface area contributed by atoms with E-state index in [2.05, 4.69) is 6.58 Å². The number of hydrogen-bond acceptors (Lipinski definition) is 13. The first-order valence-corrected chi connectivity index (χ1v) is 10.1. The van der Waals surface area contributed by atoms with Crippen molar-refractivity contribution in [2.75, 3.05) is 19.8 Å². The van der Waals surface area contributed by atoms with E-state index in [1.807, 2.05) is 0 Å². The van der Waals surface area contributed by atoms with Gasteiger partial charge in [0.15, 0.2) is 0 Å². The summed E-state index contributed by atoms with van der Waals surface area (Å²) in [7, 11) is 0. The number of hydrogen-bond donors (Lipinski definition) is 9. The van der Waals surface area contributed by atoms with Crippen LogP contribution in [0.5, 0.6) is 0 Å². The van der Waals surface area contributed by atoms with E-state index in [-0.39, 0.29) is 0 Å². The number of aliphatic hydroxyl groups excluding tert-OH is 8. The quantitative estimate of drug-likeness (QED) is 0.110. The molecule has 2 rings (SSSR count). The molecule has 0 aromatic rings. The monoisotopic (exact) mass is 482 g/mol. The molecule has 2 fully saturated rings. The molecule has 33 heavy (non-hydrogen) atoms. The number of aliphatic hydroxyl groups is 8. The van der Waals surface area contributed by atoms with Crippen molar-refractivity contribution in [1.29, 1.82) is 0 Å². The van der Waals surface area contributed by atoms with E-state index in [9.17, 15) is 50.4 Å². The van der Waals surface area contributed by atoms with Crippen LogP contribution in [0.4, 0.5) is 0 Å². The van der Waals surface area contributed by atoms with Gasteiger partial charge in [0.2, 0.25) is 0 Å². The van der Waals surface area contributed by atoms with Crippen molar-refractivity contribution >= 4 is 11.9 Å². The van der Waals surface area contributed by atoms with Gasteiger partial charge in [-0.3, -0.25) is 4.79 Å². The van der Waals surface area contributed by atoms with Gasteiger partial charge in [-0.05, 0) is 0 Å². The molecule has 190 valence electrons. The Bertz CT molecular complexity index is 660. The molecule has 2 saturated heterocycles.